The van der Waals surface area contributed by atoms with E-state index < -0.39 is 11.9 Å². The average Bonchev–Trinajstić information content (AvgIpc) is 3.12. The molecule has 0 aliphatic rings. The van der Waals surface area contributed by atoms with E-state index in [1.54, 1.807) is 84.9 Å². The van der Waals surface area contributed by atoms with Crippen LogP contribution in [-0.4, -0.2) is 36.2 Å². The van der Waals surface area contributed by atoms with Crippen molar-refractivity contribution in [2.75, 3.05) is 0 Å². The standard InChI is InChI=1S/C38H36Br2N4O6/c39-31-19-21-33(49-37(47)27-13-7-5-8-14-27)29(23-31)25-41-43-35(45)17-11-3-1-2-4-12-18-36(46)44-42-26-30-24-32(40)20-22-34(30)50-38(48)28-15-9-6-10-16-28/h5-10,13-16,19-26H,1-4,11-12,17-18H2,(H,43,45)(H,44,46). The quantitative estimate of drug-likeness (QED) is 0.0362. The van der Waals surface area contributed by atoms with E-state index in [0.717, 1.165) is 34.6 Å². The molecular weight excluding hydrogens is 768 g/mol. The molecule has 0 unspecified atom stereocenters. The van der Waals surface area contributed by atoms with Crippen LogP contribution in [0.2, 0.25) is 0 Å². The van der Waals surface area contributed by atoms with E-state index in [0.29, 0.717) is 59.4 Å². The minimum Gasteiger partial charge on any atom is -0.422 e. The second-order valence-electron chi connectivity index (χ2n) is 11.1. The van der Waals surface area contributed by atoms with Gasteiger partial charge in [0.05, 0.1) is 23.6 Å². The van der Waals surface area contributed by atoms with Gasteiger partial charge in [-0.2, -0.15) is 10.2 Å². The first kappa shape index (κ1) is 37.9. The number of esters is 2. The molecule has 2 amide bonds. The SMILES string of the molecule is O=C(CCCCCCCCC(=O)NN=Cc1cc(Br)ccc1OC(=O)c1ccccc1)NN=Cc1cc(Br)ccc1OC(=O)c1ccccc1. The maximum absolute atomic E-state index is 12.5. The molecule has 0 spiro atoms. The Morgan fingerprint density at radius 3 is 1.32 bits per heavy atom. The van der Waals surface area contributed by atoms with Crippen molar-refractivity contribution in [3.63, 3.8) is 0 Å². The van der Waals surface area contributed by atoms with Gasteiger partial charge in [0.2, 0.25) is 11.8 Å². The van der Waals surface area contributed by atoms with Crippen molar-refractivity contribution in [3.8, 4) is 11.5 Å². The van der Waals surface area contributed by atoms with Crippen LogP contribution in [0.4, 0.5) is 0 Å². The Hall–Kier alpha value is -4.94. The van der Waals surface area contributed by atoms with Gasteiger partial charge in [0.1, 0.15) is 11.5 Å². The summed E-state index contributed by atoms with van der Waals surface area (Å²) in [5.74, 6) is -0.748. The Morgan fingerprint density at radius 1 is 0.540 bits per heavy atom. The fourth-order valence-electron chi connectivity index (χ4n) is 4.63. The van der Waals surface area contributed by atoms with Crippen molar-refractivity contribution in [3.05, 3.63) is 128 Å². The highest BCUT2D eigenvalue weighted by Gasteiger charge is 2.13. The normalized spacial score (nSPS) is 11.0. The summed E-state index contributed by atoms with van der Waals surface area (Å²) in [6.07, 6.45) is 8.62. The molecule has 0 heterocycles. The molecule has 0 fully saturated rings. The maximum Gasteiger partial charge on any atom is 0.343 e. The van der Waals surface area contributed by atoms with Gasteiger partial charge < -0.3 is 9.47 Å². The molecule has 50 heavy (non-hydrogen) atoms. The van der Waals surface area contributed by atoms with Gasteiger partial charge in [-0.05, 0) is 73.5 Å². The Labute approximate surface area is 307 Å². The number of carbonyl (C=O) groups excluding carboxylic acids is 4. The average molecular weight is 805 g/mol. The third-order valence-corrected chi connectivity index (χ3v) is 8.20. The zero-order chi connectivity index (χ0) is 35.6. The molecule has 10 nitrogen and oxygen atoms in total. The fourth-order valence-corrected chi connectivity index (χ4v) is 5.39. The van der Waals surface area contributed by atoms with Crippen LogP contribution in [0.1, 0.15) is 83.2 Å². The number of halogens is 2. The summed E-state index contributed by atoms with van der Waals surface area (Å²) in [7, 11) is 0. The number of hydrogen-bond acceptors (Lipinski definition) is 8. The largest absolute Gasteiger partial charge is 0.422 e. The van der Waals surface area contributed by atoms with Crippen LogP contribution < -0.4 is 20.3 Å². The van der Waals surface area contributed by atoms with Gasteiger partial charge in [0, 0.05) is 32.9 Å². The summed E-state index contributed by atoms with van der Waals surface area (Å²) >= 11 is 6.81. The number of nitrogens with one attached hydrogen (secondary N) is 2. The number of hydrogen-bond donors (Lipinski definition) is 2. The molecular formula is C38H36Br2N4O6. The van der Waals surface area contributed by atoms with Gasteiger partial charge >= 0.3 is 11.9 Å². The molecule has 0 aliphatic heterocycles. The van der Waals surface area contributed by atoms with E-state index >= 15 is 0 Å². The van der Waals surface area contributed by atoms with E-state index in [9.17, 15) is 19.2 Å². The maximum atomic E-state index is 12.5. The molecule has 4 aromatic rings. The highest BCUT2D eigenvalue weighted by Crippen LogP contribution is 2.24. The first-order valence-corrected chi connectivity index (χ1v) is 17.6. The van der Waals surface area contributed by atoms with Crippen molar-refractivity contribution in [1.82, 2.24) is 10.9 Å². The summed E-state index contributed by atoms with van der Waals surface area (Å²) in [5, 5.41) is 8.08. The lowest BCUT2D eigenvalue weighted by Gasteiger charge is -2.08. The topological polar surface area (TPSA) is 136 Å². The van der Waals surface area contributed by atoms with Crippen molar-refractivity contribution in [2.24, 2.45) is 10.2 Å². The van der Waals surface area contributed by atoms with Crippen LogP contribution >= 0.6 is 31.9 Å². The zero-order valence-corrected chi connectivity index (χ0v) is 30.3. The Kier molecular flexibility index (Phi) is 15.6. The Balaban J connectivity index is 1.08. The van der Waals surface area contributed by atoms with Crippen molar-refractivity contribution in [2.45, 2.75) is 51.4 Å². The molecule has 0 bridgehead atoms. The number of amides is 2. The number of ether oxygens (including phenoxy) is 2. The lowest BCUT2D eigenvalue weighted by molar-refractivity contribution is -0.122. The van der Waals surface area contributed by atoms with E-state index in [2.05, 4.69) is 52.9 Å². The third-order valence-electron chi connectivity index (χ3n) is 7.21. The van der Waals surface area contributed by atoms with Crippen molar-refractivity contribution in [1.29, 1.82) is 0 Å². The van der Waals surface area contributed by atoms with Crippen molar-refractivity contribution >= 4 is 68.0 Å². The van der Waals surface area contributed by atoms with Crippen LogP contribution in [-0.2, 0) is 9.59 Å². The lowest BCUT2D eigenvalue weighted by atomic mass is 10.1. The predicted octanol–water partition coefficient (Wildman–Crippen LogP) is 8.37. The van der Waals surface area contributed by atoms with Gasteiger partial charge in [0.15, 0.2) is 0 Å². The summed E-state index contributed by atoms with van der Waals surface area (Å²) in [6, 6.07) is 27.7. The number of hydrazone groups is 2. The molecule has 2 N–H and O–H groups in total. The molecule has 4 rings (SSSR count). The van der Waals surface area contributed by atoms with Gasteiger partial charge in [-0.25, -0.2) is 20.4 Å². The van der Waals surface area contributed by atoms with Crippen LogP contribution in [0.25, 0.3) is 0 Å². The molecule has 0 aromatic heterocycles. The van der Waals surface area contributed by atoms with E-state index in [1.165, 1.54) is 12.4 Å². The van der Waals surface area contributed by atoms with E-state index in [4.69, 9.17) is 9.47 Å². The molecule has 0 saturated heterocycles. The van der Waals surface area contributed by atoms with Crippen LogP contribution in [0.15, 0.2) is 116 Å². The Bertz CT molecular complexity index is 1680. The first-order valence-electron chi connectivity index (χ1n) is 16.1. The van der Waals surface area contributed by atoms with Crippen LogP contribution in [0.5, 0.6) is 11.5 Å². The van der Waals surface area contributed by atoms with Crippen molar-refractivity contribution < 1.29 is 28.7 Å². The highest BCUT2D eigenvalue weighted by molar-refractivity contribution is 9.10. The summed E-state index contributed by atoms with van der Waals surface area (Å²) in [6.45, 7) is 0. The van der Waals surface area contributed by atoms with Gasteiger partial charge in [-0.3, -0.25) is 9.59 Å². The minimum atomic E-state index is -0.489. The number of rotatable bonds is 17. The molecule has 0 saturated carbocycles. The van der Waals surface area contributed by atoms with Gasteiger partial charge in [0.25, 0.3) is 0 Å². The van der Waals surface area contributed by atoms with Gasteiger partial charge in [-0.15, -0.1) is 0 Å². The fraction of sp³-hybridized carbons (Fsp3) is 0.211. The second-order valence-corrected chi connectivity index (χ2v) is 12.9. The number of unbranched alkanes of at least 4 members (excludes halogenated alkanes) is 5. The highest BCUT2D eigenvalue weighted by atomic mass is 79.9. The summed E-state index contributed by atoms with van der Waals surface area (Å²) in [4.78, 5) is 49.5. The van der Waals surface area contributed by atoms with E-state index in [1.807, 2.05) is 12.1 Å². The van der Waals surface area contributed by atoms with Crippen LogP contribution in [0.3, 0.4) is 0 Å². The molecule has 258 valence electrons. The number of benzene rings is 4. The number of carbonyl (C=O) groups is 4. The third kappa shape index (κ3) is 13.2. The molecule has 0 radical (unpaired) electrons. The molecule has 4 aromatic carbocycles. The van der Waals surface area contributed by atoms with Gasteiger partial charge in [-0.1, -0.05) is 93.9 Å². The van der Waals surface area contributed by atoms with Crippen LogP contribution in [0, 0.1) is 0 Å². The van der Waals surface area contributed by atoms with E-state index in [-0.39, 0.29) is 11.8 Å². The smallest absolute Gasteiger partial charge is 0.343 e. The molecule has 0 aliphatic carbocycles. The summed E-state index contributed by atoms with van der Waals surface area (Å²) < 4.78 is 12.6. The summed E-state index contributed by atoms with van der Waals surface area (Å²) in [5.41, 5.74) is 6.98. The Morgan fingerprint density at radius 2 is 0.920 bits per heavy atom. The predicted molar refractivity (Wildman–Crippen MR) is 199 cm³/mol. The molecule has 12 heteroatoms. The second kappa shape index (κ2) is 20.5. The molecule has 0 atom stereocenters. The first-order chi connectivity index (χ1) is 24.3. The lowest BCUT2D eigenvalue weighted by Crippen LogP contribution is -2.17. The number of nitrogens with zero attached hydrogens (tertiary/aromatic N) is 2. The zero-order valence-electron chi connectivity index (χ0n) is 27.1. The monoisotopic (exact) mass is 802 g/mol. The minimum absolute atomic E-state index is 0.208.